The van der Waals surface area contributed by atoms with Gasteiger partial charge in [-0.2, -0.15) is 5.10 Å². The molecule has 4 aromatic rings. The normalized spacial score (nSPS) is 13.8. The van der Waals surface area contributed by atoms with E-state index in [0.717, 1.165) is 0 Å². The minimum Gasteiger partial charge on any atom is -0.367 e. The maximum absolute atomic E-state index is 13.6. The fraction of sp³-hybridized carbons (Fsp3) is 0.207. The molecule has 1 saturated heterocycles. The second-order valence-corrected chi connectivity index (χ2v) is 11.9. The van der Waals surface area contributed by atoms with Crippen LogP contribution in [0.25, 0.3) is 11.3 Å². The van der Waals surface area contributed by atoms with Crippen LogP contribution in [0, 0.1) is 17.0 Å². The summed E-state index contributed by atoms with van der Waals surface area (Å²) in [6, 6.07) is 16.1. The summed E-state index contributed by atoms with van der Waals surface area (Å²) in [6.07, 6.45) is 1.48. The number of nitrogens with one attached hydrogen (secondary N) is 3. The summed E-state index contributed by atoms with van der Waals surface area (Å²) >= 11 is 12.9. The number of carbonyl (C=O) groups excluding carboxylic acids is 2. The second kappa shape index (κ2) is 13.0. The van der Waals surface area contributed by atoms with Crippen LogP contribution in [-0.2, 0) is 11.0 Å². The predicted molar refractivity (Wildman–Crippen MR) is 172 cm³/mol. The lowest BCUT2D eigenvalue weighted by molar-refractivity contribution is -0.383. The fourth-order valence-electron chi connectivity index (χ4n) is 4.94. The maximum atomic E-state index is 13.6. The van der Waals surface area contributed by atoms with Gasteiger partial charge >= 0.3 is 0 Å². The molecule has 15 heteroatoms. The molecule has 1 aliphatic heterocycles. The summed E-state index contributed by atoms with van der Waals surface area (Å²) in [5, 5.41) is 22.3. The van der Waals surface area contributed by atoms with Gasteiger partial charge in [0.2, 0.25) is 0 Å². The molecule has 1 aliphatic rings. The first-order chi connectivity index (χ1) is 21.0. The van der Waals surface area contributed by atoms with Crippen molar-refractivity contribution in [2.75, 3.05) is 47.4 Å². The fourth-order valence-corrected chi connectivity index (χ4v) is 5.91. The van der Waals surface area contributed by atoms with Crippen LogP contribution in [0.1, 0.15) is 26.4 Å². The van der Waals surface area contributed by atoms with Crippen LogP contribution >= 0.6 is 23.2 Å². The van der Waals surface area contributed by atoms with Gasteiger partial charge in [-0.15, -0.1) is 0 Å². The van der Waals surface area contributed by atoms with E-state index in [1.54, 1.807) is 36.1 Å². The Hall–Kier alpha value is -4.46. The van der Waals surface area contributed by atoms with E-state index in [0.29, 0.717) is 65.1 Å². The summed E-state index contributed by atoms with van der Waals surface area (Å²) in [6.45, 7) is 3.26. The zero-order valence-corrected chi connectivity index (χ0v) is 25.9. The van der Waals surface area contributed by atoms with Gasteiger partial charge in [-0.05, 0) is 43.3 Å². The lowest BCUT2D eigenvalue weighted by Gasteiger charge is -2.36. The van der Waals surface area contributed by atoms with E-state index < -0.39 is 21.8 Å². The van der Waals surface area contributed by atoms with E-state index in [1.165, 1.54) is 30.5 Å². The Balaban J connectivity index is 1.33. The largest absolute Gasteiger partial charge is 0.367 e. The molecule has 1 aromatic heterocycles. The SMILES string of the molecule is Cc1[nH]nc(-c2ccccc2Cl)c1C(=O)N1CCN(c2cc(NC(=O)c3ccc(NS(C)=O)cc3)c([N+](=O)[O-])cc2Cl)CC1. The summed E-state index contributed by atoms with van der Waals surface area (Å²) in [7, 11) is -1.28. The number of nitro groups is 1. The van der Waals surface area contributed by atoms with Gasteiger partial charge in [0.15, 0.2) is 0 Å². The molecule has 228 valence electrons. The number of aromatic amines is 1. The van der Waals surface area contributed by atoms with Gasteiger partial charge in [0.1, 0.15) is 22.4 Å². The number of aryl methyl sites for hydroxylation is 1. The Bertz CT molecular complexity index is 1770. The molecule has 0 aliphatic carbocycles. The first-order valence-electron chi connectivity index (χ1n) is 13.4. The highest BCUT2D eigenvalue weighted by molar-refractivity contribution is 7.85. The van der Waals surface area contributed by atoms with Crippen molar-refractivity contribution in [3.63, 3.8) is 0 Å². The zero-order chi connectivity index (χ0) is 31.5. The lowest BCUT2D eigenvalue weighted by Crippen LogP contribution is -2.49. The van der Waals surface area contributed by atoms with Crippen LogP contribution in [0.15, 0.2) is 60.7 Å². The van der Waals surface area contributed by atoms with Crippen LogP contribution in [0.5, 0.6) is 0 Å². The van der Waals surface area contributed by atoms with Crippen molar-refractivity contribution in [3.05, 3.63) is 97.6 Å². The summed E-state index contributed by atoms with van der Waals surface area (Å²) < 4.78 is 14.1. The van der Waals surface area contributed by atoms with E-state index >= 15 is 0 Å². The van der Waals surface area contributed by atoms with Crippen LogP contribution in [0.2, 0.25) is 10.0 Å². The number of piperazine rings is 1. The van der Waals surface area contributed by atoms with Crippen molar-refractivity contribution in [2.45, 2.75) is 6.92 Å². The topological polar surface area (TPSA) is 154 Å². The van der Waals surface area contributed by atoms with Gasteiger partial charge in [0, 0.05) is 61.0 Å². The number of nitro benzene ring substituents is 1. The van der Waals surface area contributed by atoms with Gasteiger partial charge in [0.25, 0.3) is 17.5 Å². The maximum Gasteiger partial charge on any atom is 0.294 e. The molecule has 1 unspecified atom stereocenters. The quantitative estimate of drug-likeness (QED) is 0.167. The van der Waals surface area contributed by atoms with Gasteiger partial charge in [-0.1, -0.05) is 41.4 Å². The highest BCUT2D eigenvalue weighted by Gasteiger charge is 2.30. The second-order valence-electron chi connectivity index (χ2n) is 10.00. The molecule has 1 atom stereocenters. The number of rotatable bonds is 8. The van der Waals surface area contributed by atoms with Gasteiger partial charge in [-0.3, -0.25) is 24.8 Å². The number of nitrogens with zero attached hydrogens (tertiary/aromatic N) is 4. The van der Waals surface area contributed by atoms with Gasteiger partial charge in [-0.25, -0.2) is 4.21 Å². The van der Waals surface area contributed by atoms with E-state index in [9.17, 15) is 23.9 Å². The molecule has 2 amide bonds. The molecule has 0 radical (unpaired) electrons. The third-order valence-electron chi connectivity index (χ3n) is 7.12. The molecule has 0 spiro atoms. The van der Waals surface area contributed by atoms with E-state index in [1.807, 2.05) is 17.0 Å². The average Bonchev–Trinajstić information content (AvgIpc) is 3.38. The third kappa shape index (κ3) is 6.54. The van der Waals surface area contributed by atoms with Crippen LogP contribution in [-0.4, -0.2) is 68.5 Å². The number of anilines is 3. The Morgan fingerprint density at radius 3 is 2.34 bits per heavy atom. The molecule has 5 rings (SSSR count). The van der Waals surface area contributed by atoms with E-state index in [-0.39, 0.29) is 27.9 Å². The average molecular weight is 657 g/mol. The number of halogens is 2. The summed E-state index contributed by atoms with van der Waals surface area (Å²) in [4.78, 5) is 41.4. The van der Waals surface area contributed by atoms with Crippen molar-refractivity contribution in [2.24, 2.45) is 0 Å². The van der Waals surface area contributed by atoms with Crippen LogP contribution in [0.3, 0.4) is 0 Å². The minimum absolute atomic E-state index is 0.0202. The zero-order valence-electron chi connectivity index (χ0n) is 23.6. The highest BCUT2D eigenvalue weighted by atomic mass is 35.5. The van der Waals surface area contributed by atoms with E-state index in [4.69, 9.17) is 23.2 Å². The molecule has 0 saturated carbocycles. The molecular formula is C29H27Cl2N7O5S. The molecule has 3 N–H and O–H groups in total. The molecule has 44 heavy (non-hydrogen) atoms. The van der Waals surface area contributed by atoms with Crippen molar-refractivity contribution in [1.82, 2.24) is 15.1 Å². The first-order valence-corrected chi connectivity index (χ1v) is 15.7. The smallest absolute Gasteiger partial charge is 0.294 e. The first kappa shape index (κ1) is 31.0. The van der Waals surface area contributed by atoms with Gasteiger partial charge < -0.3 is 19.8 Å². The molecule has 3 aromatic carbocycles. The molecular weight excluding hydrogens is 629 g/mol. The van der Waals surface area contributed by atoms with Gasteiger partial charge in [0.05, 0.1) is 26.2 Å². The predicted octanol–water partition coefficient (Wildman–Crippen LogP) is 5.52. The summed E-state index contributed by atoms with van der Waals surface area (Å²) in [5.41, 5.74) is 3.11. The minimum atomic E-state index is -1.28. The number of benzene rings is 3. The number of hydrogen-bond donors (Lipinski definition) is 3. The Morgan fingerprint density at radius 2 is 1.70 bits per heavy atom. The Kier molecular flexibility index (Phi) is 9.18. The molecule has 2 heterocycles. The molecule has 1 fully saturated rings. The lowest BCUT2D eigenvalue weighted by atomic mass is 10.0. The summed E-state index contributed by atoms with van der Waals surface area (Å²) in [5.74, 6) is -0.759. The van der Waals surface area contributed by atoms with Crippen LogP contribution in [0.4, 0.5) is 22.7 Å². The standard InChI is InChI=1S/C29H27Cl2N7O5S/c1-17-26(27(34-33-17)20-5-3-4-6-21(20)30)29(40)37-13-11-36(12-14-37)24-16-23(25(38(41)42)15-22(24)31)32-28(39)18-7-9-19(10-8-18)35-44(2)43/h3-10,15-16,35H,11-14H2,1-2H3,(H,32,39)(H,33,34). The van der Waals surface area contributed by atoms with Crippen molar-refractivity contribution in [3.8, 4) is 11.3 Å². The number of amides is 2. The number of carbonyl (C=O) groups is 2. The Morgan fingerprint density at radius 1 is 1.02 bits per heavy atom. The monoisotopic (exact) mass is 655 g/mol. The van der Waals surface area contributed by atoms with Crippen LogP contribution < -0.4 is 14.9 Å². The highest BCUT2D eigenvalue weighted by Crippen LogP contribution is 2.37. The number of aromatic nitrogens is 2. The molecule has 12 nitrogen and oxygen atoms in total. The van der Waals surface area contributed by atoms with Crippen molar-refractivity contribution >= 4 is 68.8 Å². The number of hydrogen-bond acceptors (Lipinski definition) is 7. The van der Waals surface area contributed by atoms with Crippen molar-refractivity contribution < 1.29 is 18.7 Å². The number of H-pyrrole nitrogens is 1. The third-order valence-corrected chi connectivity index (χ3v) is 8.27. The Labute approximate surface area is 265 Å². The van der Waals surface area contributed by atoms with E-state index in [2.05, 4.69) is 20.2 Å². The van der Waals surface area contributed by atoms with Crippen molar-refractivity contribution in [1.29, 1.82) is 0 Å². The molecule has 0 bridgehead atoms.